The Morgan fingerprint density at radius 3 is 2.67 bits per heavy atom. The summed E-state index contributed by atoms with van der Waals surface area (Å²) in [6.07, 6.45) is -4.04. The van der Waals surface area contributed by atoms with E-state index in [1.54, 1.807) is 18.2 Å². The van der Waals surface area contributed by atoms with Crippen molar-refractivity contribution >= 4 is 5.97 Å². The number of carbonyl (C=O) groups is 1. The molecule has 0 aliphatic rings. The maximum Gasteiger partial charge on any atom is 0.417 e. The molecule has 0 unspecified atom stereocenters. The number of nitrogens with zero attached hydrogens (tertiary/aromatic N) is 2. The number of alkyl halides is 3. The number of aromatic nitrogens is 1. The number of halogens is 3. The molecule has 0 N–H and O–H groups in total. The molecule has 8 heteroatoms. The van der Waals surface area contributed by atoms with Crippen LogP contribution < -0.4 is 5.56 Å². The monoisotopic (exact) mass is 336 g/mol. The minimum Gasteiger partial charge on any atom is -0.459 e. The van der Waals surface area contributed by atoms with Crippen molar-refractivity contribution in [3.05, 3.63) is 69.6 Å². The van der Waals surface area contributed by atoms with E-state index >= 15 is 0 Å². The summed E-state index contributed by atoms with van der Waals surface area (Å²) in [5.41, 5.74) is -0.834. The molecule has 0 spiro atoms. The number of esters is 1. The first-order valence-electron chi connectivity index (χ1n) is 6.72. The van der Waals surface area contributed by atoms with Crippen molar-refractivity contribution < 1.29 is 22.7 Å². The van der Waals surface area contributed by atoms with Crippen molar-refractivity contribution in [2.24, 2.45) is 0 Å². The number of nitriles is 1. The van der Waals surface area contributed by atoms with Crippen LogP contribution in [-0.2, 0) is 28.9 Å². The lowest BCUT2D eigenvalue weighted by molar-refractivity contribution is -0.146. The van der Waals surface area contributed by atoms with Gasteiger partial charge in [-0.05, 0) is 23.8 Å². The molecule has 124 valence electrons. The molecule has 0 atom stereocenters. The summed E-state index contributed by atoms with van der Waals surface area (Å²) in [6, 6.07) is 9.66. The van der Waals surface area contributed by atoms with Crippen LogP contribution in [0.5, 0.6) is 0 Å². The lowest BCUT2D eigenvalue weighted by Gasteiger charge is -2.10. The van der Waals surface area contributed by atoms with Crippen LogP contribution in [0.25, 0.3) is 0 Å². The molecule has 0 saturated heterocycles. The number of hydrogen-bond acceptors (Lipinski definition) is 4. The molecule has 24 heavy (non-hydrogen) atoms. The smallest absolute Gasteiger partial charge is 0.417 e. The van der Waals surface area contributed by atoms with Crippen molar-refractivity contribution in [3.63, 3.8) is 0 Å². The van der Waals surface area contributed by atoms with Crippen LogP contribution in [0.15, 0.2) is 47.4 Å². The normalized spacial score (nSPS) is 10.9. The van der Waals surface area contributed by atoms with Crippen molar-refractivity contribution in [2.45, 2.75) is 19.3 Å². The quantitative estimate of drug-likeness (QED) is 0.804. The predicted octanol–water partition coefficient (Wildman–Crippen LogP) is 2.48. The second-order valence-electron chi connectivity index (χ2n) is 4.85. The lowest BCUT2D eigenvalue weighted by atomic mass is 10.1. The largest absolute Gasteiger partial charge is 0.459 e. The fourth-order valence-electron chi connectivity index (χ4n) is 1.90. The number of benzene rings is 1. The average Bonchev–Trinajstić information content (AvgIpc) is 2.54. The van der Waals surface area contributed by atoms with E-state index in [0.717, 1.165) is 6.07 Å². The highest BCUT2D eigenvalue weighted by Crippen LogP contribution is 2.27. The molecule has 0 amide bonds. The van der Waals surface area contributed by atoms with Gasteiger partial charge in [0, 0.05) is 12.3 Å². The zero-order chi connectivity index (χ0) is 17.7. The first-order chi connectivity index (χ1) is 11.3. The van der Waals surface area contributed by atoms with Crippen LogP contribution in [0.3, 0.4) is 0 Å². The van der Waals surface area contributed by atoms with Gasteiger partial charge in [0.1, 0.15) is 13.2 Å². The summed E-state index contributed by atoms with van der Waals surface area (Å²) in [7, 11) is 0. The zero-order valence-electron chi connectivity index (χ0n) is 12.2. The molecule has 0 aliphatic carbocycles. The van der Waals surface area contributed by atoms with E-state index in [-0.39, 0.29) is 6.61 Å². The molecule has 1 aromatic carbocycles. The van der Waals surface area contributed by atoms with E-state index in [2.05, 4.69) is 0 Å². The fraction of sp³-hybridized carbons (Fsp3) is 0.188. The molecule has 1 aromatic heterocycles. The number of ether oxygens (including phenoxy) is 1. The molecular formula is C16H11F3N2O3. The Kier molecular flexibility index (Phi) is 5.04. The van der Waals surface area contributed by atoms with E-state index in [0.29, 0.717) is 28.0 Å². The third-order valence-corrected chi connectivity index (χ3v) is 3.07. The Morgan fingerprint density at radius 2 is 2.00 bits per heavy atom. The standard InChI is InChI=1S/C16H11F3N2O3/c17-16(18,19)13-4-5-14(22)21(8-13)9-15(23)24-10-12-3-1-2-11(6-12)7-20/h1-6,8H,9-10H2. The van der Waals surface area contributed by atoms with Crippen LogP contribution in [0.4, 0.5) is 13.2 Å². The van der Waals surface area contributed by atoms with Crippen molar-refractivity contribution in [2.75, 3.05) is 0 Å². The van der Waals surface area contributed by atoms with E-state index in [9.17, 15) is 22.8 Å². The van der Waals surface area contributed by atoms with Crippen molar-refractivity contribution in [1.29, 1.82) is 5.26 Å². The number of carbonyl (C=O) groups excluding carboxylic acids is 1. The van der Waals surface area contributed by atoms with Gasteiger partial charge >= 0.3 is 12.1 Å². The van der Waals surface area contributed by atoms with E-state index in [4.69, 9.17) is 10.00 Å². The van der Waals surface area contributed by atoms with Gasteiger partial charge in [0.05, 0.1) is 17.2 Å². The van der Waals surface area contributed by atoms with Gasteiger partial charge in [-0.15, -0.1) is 0 Å². The molecule has 5 nitrogen and oxygen atoms in total. The average molecular weight is 336 g/mol. The second-order valence-corrected chi connectivity index (χ2v) is 4.85. The summed E-state index contributed by atoms with van der Waals surface area (Å²) in [4.78, 5) is 23.3. The van der Waals surface area contributed by atoms with Gasteiger partial charge in [0.25, 0.3) is 5.56 Å². The van der Waals surface area contributed by atoms with E-state index < -0.39 is 29.8 Å². The van der Waals surface area contributed by atoms with Gasteiger partial charge in [-0.25, -0.2) is 0 Å². The summed E-state index contributed by atoms with van der Waals surface area (Å²) >= 11 is 0. The maximum atomic E-state index is 12.6. The Hall–Kier alpha value is -3.08. The first kappa shape index (κ1) is 17.3. The number of rotatable bonds is 4. The molecular weight excluding hydrogens is 325 g/mol. The van der Waals surface area contributed by atoms with Gasteiger partial charge in [0.2, 0.25) is 0 Å². The highest BCUT2D eigenvalue weighted by Gasteiger charge is 2.31. The second kappa shape index (κ2) is 7.00. The van der Waals surface area contributed by atoms with Crippen LogP contribution >= 0.6 is 0 Å². The van der Waals surface area contributed by atoms with Crippen LogP contribution in [-0.4, -0.2) is 10.5 Å². The first-order valence-corrected chi connectivity index (χ1v) is 6.72. The molecule has 2 aromatic rings. The van der Waals surface area contributed by atoms with Crippen molar-refractivity contribution in [1.82, 2.24) is 4.57 Å². The fourth-order valence-corrected chi connectivity index (χ4v) is 1.90. The van der Waals surface area contributed by atoms with E-state index in [1.165, 1.54) is 6.07 Å². The summed E-state index contributed by atoms with van der Waals surface area (Å²) in [6.45, 7) is -0.789. The highest BCUT2D eigenvalue weighted by molar-refractivity contribution is 5.69. The van der Waals surface area contributed by atoms with Crippen LogP contribution in [0.1, 0.15) is 16.7 Å². The molecule has 0 aliphatic heterocycles. The number of pyridine rings is 1. The molecule has 0 radical (unpaired) electrons. The van der Waals surface area contributed by atoms with Gasteiger partial charge in [-0.2, -0.15) is 18.4 Å². The molecule has 0 bridgehead atoms. The minimum absolute atomic E-state index is 0.151. The Morgan fingerprint density at radius 1 is 1.25 bits per heavy atom. The Balaban J connectivity index is 2.05. The molecule has 2 rings (SSSR count). The van der Waals surface area contributed by atoms with Gasteiger partial charge < -0.3 is 9.30 Å². The predicted molar refractivity (Wildman–Crippen MR) is 76.7 cm³/mol. The lowest BCUT2D eigenvalue weighted by Crippen LogP contribution is -2.26. The zero-order valence-corrected chi connectivity index (χ0v) is 12.2. The third kappa shape index (κ3) is 4.46. The SMILES string of the molecule is N#Cc1cccc(COC(=O)Cn2cc(C(F)(F)F)ccc2=O)c1. The third-order valence-electron chi connectivity index (χ3n) is 3.07. The number of hydrogen-bond donors (Lipinski definition) is 0. The van der Waals surface area contributed by atoms with Gasteiger partial charge in [0.15, 0.2) is 0 Å². The van der Waals surface area contributed by atoms with Crippen molar-refractivity contribution in [3.8, 4) is 6.07 Å². The molecule has 0 saturated carbocycles. The Bertz CT molecular complexity index is 851. The molecule has 1 heterocycles. The maximum absolute atomic E-state index is 12.6. The summed E-state index contributed by atoms with van der Waals surface area (Å²) in [5, 5.41) is 8.77. The topological polar surface area (TPSA) is 72.1 Å². The summed E-state index contributed by atoms with van der Waals surface area (Å²) < 4.78 is 43.4. The van der Waals surface area contributed by atoms with Gasteiger partial charge in [-0.3, -0.25) is 9.59 Å². The van der Waals surface area contributed by atoms with Gasteiger partial charge in [-0.1, -0.05) is 12.1 Å². The molecule has 0 fully saturated rings. The van der Waals surface area contributed by atoms with Crippen LogP contribution in [0, 0.1) is 11.3 Å². The summed E-state index contributed by atoms with van der Waals surface area (Å²) in [5.74, 6) is -0.862. The minimum atomic E-state index is -4.61. The Labute approximate surface area is 134 Å². The van der Waals surface area contributed by atoms with E-state index in [1.807, 2.05) is 6.07 Å². The highest BCUT2D eigenvalue weighted by atomic mass is 19.4. The van der Waals surface area contributed by atoms with Crippen LogP contribution in [0.2, 0.25) is 0 Å².